The molecule has 0 aromatic carbocycles. The minimum Gasteiger partial charge on any atom is -0.480 e. The van der Waals surface area contributed by atoms with E-state index < -0.39 is 12.0 Å². The molecule has 15 heavy (non-hydrogen) atoms. The molecular weight excluding hydrogens is 196 g/mol. The third kappa shape index (κ3) is 3.06. The lowest BCUT2D eigenvalue weighted by atomic mass is 10.2. The van der Waals surface area contributed by atoms with Crippen molar-refractivity contribution in [3.8, 4) is 0 Å². The molecule has 2 N–H and O–H groups in total. The van der Waals surface area contributed by atoms with E-state index in [0.29, 0.717) is 18.9 Å². The van der Waals surface area contributed by atoms with Crippen molar-refractivity contribution in [2.45, 2.75) is 39.8 Å². The van der Waals surface area contributed by atoms with Crippen molar-refractivity contribution in [1.82, 2.24) is 10.3 Å². The van der Waals surface area contributed by atoms with Crippen LogP contribution in [0.2, 0.25) is 0 Å². The highest BCUT2D eigenvalue weighted by molar-refractivity contribution is 5.73. The second kappa shape index (κ2) is 4.93. The average Bonchev–Trinajstić information content (AvgIpc) is 2.47. The van der Waals surface area contributed by atoms with E-state index in [1.807, 2.05) is 20.8 Å². The van der Waals surface area contributed by atoms with E-state index in [2.05, 4.69) is 10.3 Å². The van der Waals surface area contributed by atoms with Crippen LogP contribution < -0.4 is 5.32 Å². The Balaban J connectivity index is 2.52. The van der Waals surface area contributed by atoms with Gasteiger partial charge in [0.05, 0.1) is 12.2 Å². The Morgan fingerprint density at radius 2 is 2.27 bits per heavy atom. The molecule has 0 radical (unpaired) electrons. The maximum absolute atomic E-state index is 10.7. The molecule has 5 heteroatoms. The molecule has 0 aliphatic heterocycles. The van der Waals surface area contributed by atoms with Crippen LogP contribution in [0.25, 0.3) is 0 Å². The van der Waals surface area contributed by atoms with Crippen LogP contribution >= 0.6 is 0 Å². The highest BCUT2D eigenvalue weighted by Crippen LogP contribution is 2.08. The summed E-state index contributed by atoms with van der Waals surface area (Å²) in [6.07, 6.45) is 0.536. The van der Waals surface area contributed by atoms with Gasteiger partial charge in [-0.1, -0.05) is 6.92 Å². The highest BCUT2D eigenvalue weighted by Gasteiger charge is 2.15. The average molecular weight is 212 g/mol. The molecule has 84 valence electrons. The van der Waals surface area contributed by atoms with Crippen molar-refractivity contribution < 1.29 is 14.3 Å². The van der Waals surface area contributed by atoms with Gasteiger partial charge in [-0.2, -0.15) is 0 Å². The van der Waals surface area contributed by atoms with Crippen LogP contribution in [0.5, 0.6) is 0 Å². The smallest absolute Gasteiger partial charge is 0.320 e. The molecule has 0 spiro atoms. The number of nitrogens with zero attached hydrogens (tertiary/aromatic N) is 1. The van der Waals surface area contributed by atoms with Gasteiger partial charge in [0, 0.05) is 0 Å². The van der Waals surface area contributed by atoms with Crippen LogP contribution in [-0.4, -0.2) is 22.1 Å². The maximum Gasteiger partial charge on any atom is 0.320 e. The first-order valence-electron chi connectivity index (χ1n) is 4.93. The van der Waals surface area contributed by atoms with Gasteiger partial charge in [-0.15, -0.1) is 0 Å². The van der Waals surface area contributed by atoms with Crippen molar-refractivity contribution in [2.75, 3.05) is 0 Å². The summed E-state index contributed by atoms with van der Waals surface area (Å²) in [5.74, 6) is 0.456. The Hall–Kier alpha value is -1.36. The van der Waals surface area contributed by atoms with Crippen LogP contribution in [0.4, 0.5) is 0 Å². The van der Waals surface area contributed by atoms with Crippen LogP contribution in [0.15, 0.2) is 4.42 Å². The molecule has 0 saturated carbocycles. The number of carboxylic acids is 1. The van der Waals surface area contributed by atoms with Crippen molar-refractivity contribution in [2.24, 2.45) is 0 Å². The third-order valence-electron chi connectivity index (χ3n) is 2.28. The van der Waals surface area contributed by atoms with Gasteiger partial charge >= 0.3 is 5.97 Å². The fourth-order valence-corrected chi connectivity index (χ4v) is 1.23. The zero-order chi connectivity index (χ0) is 11.4. The second-order valence-electron chi connectivity index (χ2n) is 3.43. The first-order chi connectivity index (χ1) is 7.04. The topological polar surface area (TPSA) is 75.4 Å². The van der Waals surface area contributed by atoms with Crippen LogP contribution in [0.3, 0.4) is 0 Å². The van der Waals surface area contributed by atoms with Gasteiger partial charge in [-0.25, -0.2) is 4.98 Å². The Labute approximate surface area is 88.5 Å². The largest absolute Gasteiger partial charge is 0.480 e. The van der Waals surface area contributed by atoms with Gasteiger partial charge < -0.3 is 9.52 Å². The highest BCUT2D eigenvalue weighted by atomic mass is 16.4. The maximum atomic E-state index is 10.7. The molecule has 0 fully saturated rings. The zero-order valence-electron chi connectivity index (χ0n) is 9.20. The molecule has 1 rings (SSSR count). The van der Waals surface area contributed by atoms with Gasteiger partial charge in [0.2, 0.25) is 5.89 Å². The van der Waals surface area contributed by atoms with Gasteiger partial charge in [-0.3, -0.25) is 10.1 Å². The molecular formula is C10H16N2O3. The van der Waals surface area contributed by atoms with Crippen molar-refractivity contribution >= 4 is 5.97 Å². The van der Waals surface area contributed by atoms with Gasteiger partial charge in [0.15, 0.2) is 0 Å². The van der Waals surface area contributed by atoms with Crippen molar-refractivity contribution in [1.29, 1.82) is 0 Å². The normalized spacial score (nSPS) is 12.7. The number of aromatic nitrogens is 1. The van der Waals surface area contributed by atoms with E-state index in [-0.39, 0.29) is 0 Å². The molecule has 1 heterocycles. The number of hydrogen-bond acceptors (Lipinski definition) is 4. The third-order valence-corrected chi connectivity index (χ3v) is 2.28. The van der Waals surface area contributed by atoms with Crippen LogP contribution in [-0.2, 0) is 11.3 Å². The van der Waals surface area contributed by atoms with Crippen molar-refractivity contribution in [3.05, 3.63) is 17.3 Å². The van der Waals surface area contributed by atoms with Crippen LogP contribution in [0, 0.1) is 13.8 Å². The van der Waals surface area contributed by atoms with E-state index in [4.69, 9.17) is 9.52 Å². The summed E-state index contributed by atoms with van der Waals surface area (Å²) in [7, 11) is 0. The fourth-order valence-electron chi connectivity index (χ4n) is 1.23. The number of aryl methyl sites for hydroxylation is 2. The molecule has 5 nitrogen and oxygen atoms in total. The molecule has 0 bridgehead atoms. The summed E-state index contributed by atoms with van der Waals surface area (Å²) >= 11 is 0. The fraction of sp³-hybridized carbons (Fsp3) is 0.600. The minimum atomic E-state index is -0.850. The van der Waals surface area contributed by atoms with E-state index in [1.165, 1.54) is 0 Å². The summed E-state index contributed by atoms with van der Waals surface area (Å²) in [5, 5.41) is 11.7. The number of aliphatic carboxylic acids is 1. The molecule has 0 amide bonds. The molecule has 1 atom stereocenters. The van der Waals surface area contributed by atoms with E-state index in [9.17, 15) is 4.79 Å². The quantitative estimate of drug-likeness (QED) is 0.768. The first kappa shape index (κ1) is 11.7. The molecule has 1 aromatic rings. The lowest BCUT2D eigenvalue weighted by molar-refractivity contribution is -0.139. The summed E-state index contributed by atoms with van der Waals surface area (Å²) in [4.78, 5) is 14.9. The Bertz CT molecular complexity index is 327. The molecule has 0 aliphatic rings. The summed E-state index contributed by atoms with van der Waals surface area (Å²) < 4.78 is 5.32. The van der Waals surface area contributed by atoms with E-state index in [1.54, 1.807) is 0 Å². The second-order valence-corrected chi connectivity index (χ2v) is 3.43. The van der Waals surface area contributed by atoms with Crippen LogP contribution in [0.1, 0.15) is 30.7 Å². The minimum absolute atomic E-state index is 0.347. The molecule has 0 aliphatic carbocycles. The molecule has 1 aromatic heterocycles. The number of hydrogen-bond donors (Lipinski definition) is 2. The molecule has 0 saturated heterocycles. The summed E-state index contributed by atoms with van der Waals surface area (Å²) in [6, 6.07) is -0.544. The number of nitrogens with one attached hydrogen (secondary N) is 1. The zero-order valence-corrected chi connectivity index (χ0v) is 9.20. The van der Waals surface area contributed by atoms with Crippen molar-refractivity contribution in [3.63, 3.8) is 0 Å². The number of oxazole rings is 1. The Morgan fingerprint density at radius 3 is 2.67 bits per heavy atom. The standard InChI is InChI=1S/C10H16N2O3/c1-4-8(10(13)14)11-5-9-12-6(2)7(3)15-9/h8,11H,4-5H2,1-3H3,(H,13,14). The SMILES string of the molecule is CCC(NCc1nc(C)c(C)o1)C(=O)O. The first-order valence-corrected chi connectivity index (χ1v) is 4.93. The van der Waals surface area contributed by atoms with E-state index >= 15 is 0 Å². The number of rotatable bonds is 5. The summed E-state index contributed by atoms with van der Waals surface area (Å²) in [6.45, 7) is 5.86. The van der Waals surface area contributed by atoms with Gasteiger partial charge in [0.25, 0.3) is 0 Å². The monoisotopic (exact) mass is 212 g/mol. The Morgan fingerprint density at radius 1 is 1.60 bits per heavy atom. The lowest BCUT2D eigenvalue weighted by Crippen LogP contribution is -2.35. The number of carboxylic acid groups (broad SMARTS) is 1. The predicted molar refractivity (Wildman–Crippen MR) is 54.5 cm³/mol. The summed E-state index contributed by atoms with van der Waals surface area (Å²) in [5.41, 5.74) is 0.843. The lowest BCUT2D eigenvalue weighted by Gasteiger charge is -2.09. The van der Waals surface area contributed by atoms with E-state index in [0.717, 1.165) is 11.5 Å². The van der Waals surface area contributed by atoms with Gasteiger partial charge in [0.1, 0.15) is 11.8 Å². The van der Waals surface area contributed by atoms with Gasteiger partial charge in [-0.05, 0) is 20.3 Å². The number of carbonyl (C=O) groups is 1. The Kier molecular flexibility index (Phi) is 3.85. The molecule has 1 unspecified atom stereocenters. The predicted octanol–water partition coefficient (Wildman–Crippen LogP) is 1.24.